The number of aryl methyl sites for hydroxylation is 1. The van der Waals surface area contributed by atoms with Crippen molar-refractivity contribution in [1.29, 1.82) is 0 Å². The first-order valence-corrected chi connectivity index (χ1v) is 6.19. The molecule has 1 saturated heterocycles. The van der Waals surface area contributed by atoms with Crippen molar-refractivity contribution in [2.45, 2.75) is 31.8 Å². The van der Waals surface area contributed by atoms with Crippen LogP contribution >= 0.6 is 0 Å². The quantitative estimate of drug-likeness (QED) is 0.839. The molecule has 4 nitrogen and oxygen atoms in total. The Hall–Kier alpha value is -1.29. The topological polar surface area (TPSA) is 37.3 Å². The molecule has 1 aromatic rings. The second-order valence-electron chi connectivity index (χ2n) is 5.06. The number of likely N-dealkylation sites (tertiary alicyclic amines) is 1. The van der Waals surface area contributed by atoms with Crippen molar-refractivity contribution in [3.8, 4) is 0 Å². The molecule has 2 atom stereocenters. The van der Waals surface area contributed by atoms with E-state index < -0.39 is 0 Å². The molecule has 0 spiro atoms. The first kappa shape index (κ1) is 12.2. The fourth-order valence-corrected chi connectivity index (χ4v) is 2.34. The van der Waals surface area contributed by atoms with Crippen LogP contribution in [0.25, 0.3) is 0 Å². The summed E-state index contributed by atoms with van der Waals surface area (Å²) in [6, 6.07) is 4.61. The molecule has 1 aromatic heterocycles. The van der Waals surface area contributed by atoms with Crippen molar-refractivity contribution in [2.24, 2.45) is 7.05 Å². The fourth-order valence-electron chi connectivity index (χ4n) is 2.34. The van der Waals surface area contributed by atoms with Crippen LogP contribution in [0.1, 0.15) is 19.8 Å². The third-order valence-electron chi connectivity index (χ3n) is 3.66. The van der Waals surface area contributed by atoms with E-state index in [1.807, 2.05) is 12.3 Å². The second kappa shape index (κ2) is 4.92. The molecule has 0 amide bonds. The molecule has 0 bridgehead atoms. The van der Waals surface area contributed by atoms with Crippen LogP contribution in [-0.4, -0.2) is 35.1 Å². The third kappa shape index (κ3) is 2.88. The maximum atomic E-state index is 11.3. The van der Waals surface area contributed by atoms with Gasteiger partial charge in [0, 0.05) is 37.9 Å². The van der Waals surface area contributed by atoms with E-state index in [0.29, 0.717) is 12.1 Å². The number of pyridine rings is 1. The number of hydrogen-bond acceptors (Lipinski definition) is 3. The lowest BCUT2D eigenvalue weighted by atomic mass is 9.99. The van der Waals surface area contributed by atoms with Crippen molar-refractivity contribution in [3.63, 3.8) is 0 Å². The molecule has 1 aliphatic rings. The number of hydrogen-bond donors (Lipinski definition) is 1. The molecule has 94 valence electrons. The van der Waals surface area contributed by atoms with Crippen LogP contribution in [0.5, 0.6) is 0 Å². The Morgan fingerprint density at radius 1 is 1.35 bits per heavy atom. The summed E-state index contributed by atoms with van der Waals surface area (Å²) in [5.74, 6) is 0. The molecule has 0 aromatic carbocycles. The first-order chi connectivity index (χ1) is 8.06. The van der Waals surface area contributed by atoms with Crippen LogP contribution < -0.4 is 10.9 Å². The number of piperidine rings is 1. The average molecular weight is 235 g/mol. The molecule has 1 N–H and O–H groups in total. The minimum Gasteiger partial charge on any atom is -0.381 e. The van der Waals surface area contributed by atoms with Gasteiger partial charge in [0.15, 0.2) is 0 Å². The van der Waals surface area contributed by atoms with E-state index in [2.05, 4.69) is 24.2 Å². The van der Waals surface area contributed by atoms with Gasteiger partial charge in [-0.25, -0.2) is 0 Å². The summed E-state index contributed by atoms with van der Waals surface area (Å²) in [6.45, 7) is 3.39. The Bertz CT molecular complexity index is 441. The Morgan fingerprint density at radius 3 is 2.76 bits per heavy atom. The van der Waals surface area contributed by atoms with Gasteiger partial charge < -0.3 is 14.8 Å². The zero-order chi connectivity index (χ0) is 12.4. The predicted molar refractivity (Wildman–Crippen MR) is 70.4 cm³/mol. The zero-order valence-corrected chi connectivity index (χ0v) is 10.8. The number of anilines is 1. The molecule has 4 heteroatoms. The van der Waals surface area contributed by atoms with Crippen molar-refractivity contribution in [2.75, 3.05) is 18.9 Å². The predicted octanol–water partition coefficient (Wildman–Crippen LogP) is 1.28. The van der Waals surface area contributed by atoms with E-state index in [0.717, 1.165) is 25.1 Å². The lowest BCUT2D eigenvalue weighted by Crippen LogP contribution is -2.42. The minimum atomic E-state index is 0.0345. The van der Waals surface area contributed by atoms with E-state index in [1.165, 1.54) is 0 Å². The molecule has 17 heavy (non-hydrogen) atoms. The number of nitrogens with one attached hydrogen (secondary N) is 1. The molecule has 2 unspecified atom stereocenters. The molecule has 1 aliphatic heterocycles. The van der Waals surface area contributed by atoms with E-state index >= 15 is 0 Å². The largest absolute Gasteiger partial charge is 0.381 e. The standard InChI is InChI=1S/C13H21N3O/c1-10-8-11(6-7-15(10)2)14-12-4-5-13(17)16(3)9-12/h4-5,9-11,14H,6-8H2,1-3H3. The Kier molecular flexibility index (Phi) is 3.52. The van der Waals surface area contributed by atoms with E-state index in [1.54, 1.807) is 17.7 Å². The van der Waals surface area contributed by atoms with Gasteiger partial charge in [-0.15, -0.1) is 0 Å². The third-order valence-corrected chi connectivity index (χ3v) is 3.66. The van der Waals surface area contributed by atoms with Crippen LogP contribution in [0.4, 0.5) is 5.69 Å². The number of nitrogens with zero attached hydrogens (tertiary/aromatic N) is 2. The van der Waals surface area contributed by atoms with Crippen LogP contribution in [-0.2, 0) is 7.05 Å². The van der Waals surface area contributed by atoms with E-state index in [-0.39, 0.29) is 5.56 Å². The highest BCUT2D eigenvalue weighted by Gasteiger charge is 2.22. The van der Waals surface area contributed by atoms with Crippen molar-refractivity contribution < 1.29 is 0 Å². The first-order valence-electron chi connectivity index (χ1n) is 6.19. The summed E-state index contributed by atoms with van der Waals surface area (Å²) in [6.07, 6.45) is 4.17. The van der Waals surface area contributed by atoms with Gasteiger partial charge in [0.1, 0.15) is 0 Å². The summed E-state index contributed by atoms with van der Waals surface area (Å²) in [7, 11) is 3.96. The number of aromatic nitrogens is 1. The highest BCUT2D eigenvalue weighted by atomic mass is 16.1. The van der Waals surface area contributed by atoms with E-state index in [9.17, 15) is 4.79 Å². The SMILES string of the molecule is CC1CC(Nc2ccc(=O)n(C)c2)CCN1C. The molecule has 0 radical (unpaired) electrons. The van der Waals surface area contributed by atoms with Crippen LogP contribution in [0, 0.1) is 0 Å². The van der Waals surface area contributed by atoms with Gasteiger partial charge in [0.2, 0.25) is 5.56 Å². The molecule has 2 rings (SSSR count). The molecule has 1 fully saturated rings. The second-order valence-corrected chi connectivity index (χ2v) is 5.06. The highest BCUT2D eigenvalue weighted by Crippen LogP contribution is 2.19. The maximum Gasteiger partial charge on any atom is 0.250 e. The van der Waals surface area contributed by atoms with Crippen LogP contribution in [0.2, 0.25) is 0 Å². The molecular formula is C13H21N3O. The van der Waals surface area contributed by atoms with Gasteiger partial charge in [0.05, 0.1) is 5.69 Å². The summed E-state index contributed by atoms with van der Waals surface area (Å²) >= 11 is 0. The molecule has 2 heterocycles. The fraction of sp³-hybridized carbons (Fsp3) is 0.615. The monoisotopic (exact) mass is 235 g/mol. The highest BCUT2D eigenvalue weighted by molar-refractivity contribution is 5.41. The van der Waals surface area contributed by atoms with Gasteiger partial charge >= 0.3 is 0 Å². The van der Waals surface area contributed by atoms with Gasteiger partial charge in [-0.1, -0.05) is 0 Å². The normalized spacial score (nSPS) is 25.8. The zero-order valence-electron chi connectivity index (χ0n) is 10.8. The van der Waals surface area contributed by atoms with Gasteiger partial charge in [0.25, 0.3) is 0 Å². The van der Waals surface area contributed by atoms with Crippen LogP contribution in [0.3, 0.4) is 0 Å². The summed E-state index contributed by atoms with van der Waals surface area (Å²) in [5.41, 5.74) is 1.07. The molecule has 0 aliphatic carbocycles. The minimum absolute atomic E-state index is 0.0345. The van der Waals surface area contributed by atoms with Gasteiger partial charge in [-0.2, -0.15) is 0 Å². The van der Waals surface area contributed by atoms with Crippen molar-refractivity contribution in [1.82, 2.24) is 9.47 Å². The van der Waals surface area contributed by atoms with Crippen molar-refractivity contribution in [3.05, 3.63) is 28.7 Å². The Labute approximate surface area is 102 Å². The summed E-state index contributed by atoms with van der Waals surface area (Å²) in [5, 5.41) is 3.51. The van der Waals surface area contributed by atoms with Crippen LogP contribution in [0.15, 0.2) is 23.1 Å². The number of rotatable bonds is 2. The smallest absolute Gasteiger partial charge is 0.250 e. The average Bonchev–Trinajstić information content (AvgIpc) is 2.29. The van der Waals surface area contributed by atoms with Gasteiger partial charge in [-0.3, -0.25) is 4.79 Å². The lowest BCUT2D eigenvalue weighted by Gasteiger charge is -2.35. The maximum absolute atomic E-state index is 11.3. The van der Waals surface area contributed by atoms with Crippen molar-refractivity contribution >= 4 is 5.69 Å². The summed E-state index contributed by atoms with van der Waals surface area (Å²) in [4.78, 5) is 13.7. The summed E-state index contributed by atoms with van der Waals surface area (Å²) < 4.78 is 1.61. The lowest BCUT2D eigenvalue weighted by molar-refractivity contribution is 0.190. The Morgan fingerprint density at radius 2 is 2.12 bits per heavy atom. The van der Waals surface area contributed by atoms with Gasteiger partial charge in [-0.05, 0) is 32.9 Å². The van der Waals surface area contributed by atoms with E-state index in [4.69, 9.17) is 0 Å². The molecule has 0 saturated carbocycles. The Balaban J connectivity index is 2.01. The molecular weight excluding hydrogens is 214 g/mol.